The summed E-state index contributed by atoms with van der Waals surface area (Å²) in [6, 6.07) is 5.78. The number of nitrogens with zero attached hydrogens (tertiary/aromatic N) is 2. The summed E-state index contributed by atoms with van der Waals surface area (Å²) in [7, 11) is 3.36. The van der Waals surface area contributed by atoms with E-state index in [4.69, 9.17) is 9.47 Å². The lowest BCUT2D eigenvalue weighted by Crippen LogP contribution is -2.05. The number of methoxy groups -OCH3 is 2. The summed E-state index contributed by atoms with van der Waals surface area (Å²) < 4.78 is 13.3. The van der Waals surface area contributed by atoms with Crippen molar-refractivity contribution in [3.63, 3.8) is 0 Å². The van der Waals surface area contributed by atoms with Crippen molar-refractivity contribution in [1.29, 1.82) is 0 Å². The zero-order valence-corrected chi connectivity index (χ0v) is 13.2. The van der Waals surface area contributed by atoms with Gasteiger partial charge in [-0.1, -0.05) is 0 Å². The van der Waals surface area contributed by atoms with Gasteiger partial charge in [0.05, 0.1) is 12.8 Å². The molecule has 0 aliphatic carbocycles. The van der Waals surface area contributed by atoms with E-state index in [1.807, 2.05) is 24.4 Å². The molecule has 2 rings (SSSR count). The van der Waals surface area contributed by atoms with E-state index in [1.165, 1.54) is 0 Å². The van der Waals surface area contributed by atoms with Crippen LogP contribution in [0.25, 0.3) is 0 Å². The Kier molecular flexibility index (Phi) is 5.43. The SMILES string of the molecule is COCCCn1ccnc1Nc1cc(OC)ccc1Br. The van der Waals surface area contributed by atoms with Gasteiger partial charge in [-0.05, 0) is 34.5 Å². The quantitative estimate of drug-likeness (QED) is 0.785. The molecule has 2 aromatic rings. The fraction of sp³-hybridized carbons (Fsp3) is 0.357. The second-order valence-corrected chi connectivity index (χ2v) is 5.12. The molecule has 20 heavy (non-hydrogen) atoms. The minimum Gasteiger partial charge on any atom is -0.497 e. The van der Waals surface area contributed by atoms with E-state index < -0.39 is 0 Å². The molecule has 0 saturated carbocycles. The second kappa shape index (κ2) is 7.31. The van der Waals surface area contributed by atoms with E-state index in [0.717, 1.165) is 41.4 Å². The van der Waals surface area contributed by atoms with E-state index in [2.05, 4.69) is 30.8 Å². The van der Waals surface area contributed by atoms with Gasteiger partial charge in [0.15, 0.2) is 0 Å². The third-order valence-corrected chi connectivity index (χ3v) is 3.57. The number of nitrogens with one attached hydrogen (secondary N) is 1. The molecule has 0 spiro atoms. The number of benzene rings is 1. The van der Waals surface area contributed by atoms with Gasteiger partial charge in [-0.2, -0.15) is 0 Å². The first-order chi connectivity index (χ1) is 9.74. The Morgan fingerprint density at radius 1 is 1.35 bits per heavy atom. The standard InChI is InChI=1S/C14H18BrN3O2/c1-19-9-3-7-18-8-6-16-14(18)17-13-10-11(20-2)4-5-12(13)15/h4-6,8,10H,3,7,9H2,1-2H3,(H,16,17). The van der Waals surface area contributed by atoms with Crippen LogP contribution in [0.15, 0.2) is 35.1 Å². The molecule has 0 unspecified atom stereocenters. The van der Waals surface area contributed by atoms with Crippen LogP contribution in [0, 0.1) is 0 Å². The molecule has 0 radical (unpaired) electrons. The molecule has 1 N–H and O–H groups in total. The Balaban J connectivity index is 2.12. The van der Waals surface area contributed by atoms with Crippen LogP contribution >= 0.6 is 15.9 Å². The largest absolute Gasteiger partial charge is 0.497 e. The van der Waals surface area contributed by atoms with Gasteiger partial charge in [0.25, 0.3) is 0 Å². The number of aromatic nitrogens is 2. The lowest BCUT2D eigenvalue weighted by molar-refractivity contribution is 0.190. The molecule has 0 fully saturated rings. The van der Waals surface area contributed by atoms with Crippen molar-refractivity contribution in [2.24, 2.45) is 0 Å². The maximum atomic E-state index is 5.23. The molecule has 0 saturated heterocycles. The maximum absolute atomic E-state index is 5.23. The van der Waals surface area contributed by atoms with Crippen LogP contribution in [-0.4, -0.2) is 30.4 Å². The van der Waals surface area contributed by atoms with Gasteiger partial charge in [0.1, 0.15) is 5.75 Å². The van der Waals surface area contributed by atoms with Gasteiger partial charge >= 0.3 is 0 Å². The van der Waals surface area contributed by atoms with Crippen LogP contribution in [0.5, 0.6) is 5.75 Å². The molecule has 1 aromatic carbocycles. The third-order valence-electron chi connectivity index (χ3n) is 2.88. The topological polar surface area (TPSA) is 48.3 Å². The molecule has 1 aromatic heterocycles. The van der Waals surface area contributed by atoms with Crippen molar-refractivity contribution < 1.29 is 9.47 Å². The molecule has 0 bridgehead atoms. The summed E-state index contributed by atoms with van der Waals surface area (Å²) in [4.78, 5) is 4.34. The summed E-state index contributed by atoms with van der Waals surface area (Å²) in [5.41, 5.74) is 0.920. The average Bonchev–Trinajstić information content (AvgIpc) is 2.89. The first-order valence-electron chi connectivity index (χ1n) is 6.35. The van der Waals surface area contributed by atoms with Gasteiger partial charge in [0.2, 0.25) is 5.95 Å². The molecule has 5 nitrogen and oxygen atoms in total. The Morgan fingerprint density at radius 2 is 2.20 bits per heavy atom. The van der Waals surface area contributed by atoms with Crippen LogP contribution in [-0.2, 0) is 11.3 Å². The molecule has 1 heterocycles. The highest BCUT2D eigenvalue weighted by atomic mass is 79.9. The maximum Gasteiger partial charge on any atom is 0.207 e. The summed E-state index contributed by atoms with van der Waals surface area (Å²) in [6.07, 6.45) is 4.68. The number of rotatable bonds is 7. The summed E-state index contributed by atoms with van der Waals surface area (Å²) in [6.45, 7) is 1.60. The van der Waals surface area contributed by atoms with Crippen molar-refractivity contribution in [2.75, 3.05) is 26.1 Å². The fourth-order valence-corrected chi connectivity index (χ4v) is 2.19. The predicted molar refractivity (Wildman–Crippen MR) is 82.7 cm³/mol. The van der Waals surface area contributed by atoms with Gasteiger partial charge in [-0.25, -0.2) is 4.98 Å². The summed E-state index contributed by atoms with van der Waals surface area (Å²) in [5.74, 6) is 1.60. The molecule has 0 amide bonds. The predicted octanol–water partition coefficient (Wildman–Crippen LogP) is 3.43. The van der Waals surface area contributed by atoms with Crippen LogP contribution in [0.2, 0.25) is 0 Å². The van der Waals surface area contributed by atoms with Gasteiger partial charge in [-0.3, -0.25) is 0 Å². The van der Waals surface area contributed by atoms with Gasteiger partial charge in [-0.15, -0.1) is 0 Å². The van der Waals surface area contributed by atoms with Crippen molar-refractivity contribution in [3.05, 3.63) is 35.1 Å². The molecule has 6 heteroatoms. The van der Waals surface area contributed by atoms with E-state index >= 15 is 0 Å². The monoisotopic (exact) mass is 339 g/mol. The number of aryl methyl sites for hydroxylation is 1. The van der Waals surface area contributed by atoms with Crippen LogP contribution in [0.4, 0.5) is 11.6 Å². The van der Waals surface area contributed by atoms with Crippen molar-refractivity contribution >= 4 is 27.6 Å². The zero-order valence-electron chi connectivity index (χ0n) is 11.6. The Labute approximate surface area is 127 Å². The number of anilines is 2. The van der Waals surface area contributed by atoms with E-state index in [0.29, 0.717) is 0 Å². The van der Waals surface area contributed by atoms with Gasteiger partial charge < -0.3 is 19.4 Å². The normalized spacial score (nSPS) is 10.6. The summed E-state index contributed by atoms with van der Waals surface area (Å²) >= 11 is 3.52. The van der Waals surface area contributed by atoms with E-state index in [1.54, 1.807) is 20.4 Å². The first-order valence-corrected chi connectivity index (χ1v) is 7.14. The molecular formula is C14H18BrN3O2. The minimum absolute atomic E-state index is 0.737. The number of halogens is 1. The minimum atomic E-state index is 0.737. The number of hydrogen-bond donors (Lipinski definition) is 1. The third kappa shape index (κ3) is 3.74. The lowest BCUT2D eigenvalue weighted by Gasteiger charge is -2.12. The van der Waals surface area contributed by atoms with Crippen LogP contribution in [0.1, 0.15) is 6.42 Å². The molecule has 0 aliphatic heterocycles. The molecular weight excluding hydrogens is 322 g/mol. The highest BCUT2D eigenvalue weighted by Crippen LogP contribution is 2.29. The Hall–Kier alpha value is -1.53. The van der Waals surface area contributed by atoms with E-state index in [9.17, 15) is 0 Å². The lowest BCUT2D eigenvalue weighted by atomic mass is 10.3. The van der Waals surface area contributed by atoms with Gasteiger partial charge in [0, 0.05) is 43.2 Å². The summed E-state index contributed by atoms with van der Waals surface area (Å²) in [5, 5.41) is 3.31. The smallest absolute Gasteiger partial charge is 0.207 e. The highest BCUT2D eigenvalue weighted by Gasteiger charge is 2.07. The van der Waals surface area contributed by atoms with Crippen LogP contribution in [0.3, 0.4) is 0 Å². The fourth-order valence-electron chi connectivity index (χ4n) is 1.84. The average molecular weight is 340 g/mol. The number of hydrogen-bond acceptors (Lipinski definition) is 4. The number of ether oxygens (including phenoxy) is 2. The molecule has 0 atom stereocenters. The van der Waals surface area contributed by atoms with Crippen molar-refractivity contribution in [2.45, 2.75) is 13.0 Å². The van der Waals surface area contributed by atoms with Crippen LogP contribution < -0.4 is 10.1 Å². The molecule has 0 aliphatic rings. The van der Waals surface area contributed by atoms with E-state index in [-0.39, 0.29) is 0 Å². The van der Waals surface area contributed by atoms with Crippen molar-refractivity contribution in [1.82, 2.24) is 9.55 Å². The molecule has 108 valence electrons. The first kappa shape index (κ1) is 14.9. The highest BCUT2D eigenvalue weighted by molar-refractivity contribution is 9.10. The second-order valence-electron chi connectivity index (χ2n) is 4.26. The number of imidazole rings is 1. The Morgan fingerprint density at radius 3 is 2.95 bits per heavy atom. The Bertz CT molecular complexity index is 557. The van der Waals surface area contributed by atoms with Crippen molar-refractivity contribution in [3.8, 4) is 5.75 Å². The zero-order chi connectivity index (χ0) is 14.4.